The maximum Gasteiger partial charge on any atom is 0.264 e. The van der Waals surface area contributed by atoms with E-state index in [0.717, 1.165) is 30.0 Å². The van der Waals surface area contributed by atoms with Crippen molar-refractivity contribution in [3.8, 4) is 0 Å². The number of hydrogen-bond donors (Lipinski definition) is 1. The number of rotatable bonds is 11. The average molecular weight is 600 g/mol. The van der Waals surface area contributed by atoms with Gasteiger partial charge in [0.2, 0.25) is 11.8 Å². The second-order valence-electron chi connectivity index (χ2n) is 10.3. The highest BCUT2D eigenvalue weighted by Gasteiger charge is 2.35. The van der Waals surface area contributed by atoms with E-state index in [0.29, 0.717) is 22.6 Å². The van der Waals surface area contributed by atoms with Crippen molar-refractivity contribution >= 4 is 39.1 Å². The van der Waals surface area contributed by atoms with Crippen LogP contribution in [-0.2, 0) is 26.2 Å². The molecule has 218 valence electrons. The molecule has 1 aliphatic rings. The molecular weight excluding hydrogens is 565 g/mol. The lowest BCUT2D eigenvalue weighted by Gasteiger charge is -2.34. The maximum atomic E-state index is 14.1. The van der Waals surface area contributed by atoms with Gasteiger partial charge < -0.3 is 10.2 Å². The molecule has 7 nitrogen and oxygen atoms in total. The van der Waals surface area contributed by atoms with Crippen molar-refractivity contribution in [2.45, 2.75) is 69.5 Å². The van der Waals surface area contributed by atoms with Crippen molar-refractivity contribution in [2.75, 3.05) is 10.8 Å². The number of benzene rings is 3. The molecule has 1 N–H and O–H groups in total. The van der Waals surface area contributed by atoms with Gasteiger partial charge in [-0.05, 0) is 73.7 Å². The fourth-order valence-corrected chi connectivity index (χ4v) is 6.82. The molecule has 10 heteroatoms. The molecule has 3 aromatic carbocycles. The summed E-state index contributed by atoms with van der Waals surface area (Å²) in [6, 6.07) is 17.6. The minimum atomic E-state index is -4.19. The third kappa shape index (κ3) is 7.45. The van der Waals surface area contributed by atoms with Crippen molar-refractivity contribution in [3.63, 3.8) is 0 Å². The minimum absolute atomic E-state index is 0.00343. The van der Waals surface area contributed by atoms with Crippen molar-refractivity contribution in [1.29, 1.82) is 0 Å². The Balaban J connectivity index is 1.73. The van der Waals surface area contributed by atoms with Crippen molar-refractivity contribution in [2.24, 2.45) is 0 Å². The lowest BCUT2D eigenvalue weighted by Crippen LogP contribution is -2.53. The van der Waals surface area contributed by atoms with E-state index in [1.807, 2.05) is 6.92 Å². The van der Waals surface area contributed by atoms with E-state index in [4.69, 9.17) is 11.6 Å². The summed E-state index contributed by atoms with van der Waals surface area (Å²) in [5, 5.41) is 3.39. The topological polar surface area (TPSA) is 86.8 Å². The standard InChI is InChI=1S/C31H35ClFN3O4S/c1-3-28(31(38)34-26-9-7-8-10-26)35(20-23-14-17-25(33)18-15-23)30(37)21-36(29-19-24(32)16-13-22(29)2)41(39,40)27-11-5-4-6-12-27/h4-6,11-19,26,28H,3,7-10,20-21H2,1-2H3,(H,34,38). The van der Waals surface area contributed by atoms with E-state index < -0.39 is 34.3 Å². The third-order valence-corrected chi connectivity index (χ3v) is 9.41. The molecule has 4 rings (SSSR count). The number of carbonyl (C=O) groups excluding carboxylic acids is 2. The molecule has 3 aromatic rings. The number of amides is 2. The van der Waals surface area contributed by atoms with Crippen LogP contribution in [0.3, 0.4) is 0 Å². The van der Waals surface area contributed by atoms with Crippen molar-refractivity contribution in [3.05, 3.63) is 94.8 Å². The van der Waals surface area contributed by atoms with Crippen LogP contribution in [-0.4, -0.2) is 43.8 Å². The van der Waals surface area contributed by atoms with Crippen LogP contribution in [0.5, 0.6) is 0 Å². The first kappa shape index (κ1) is 30.5. The number of nitrogens with zero attached hydrogens (tertiary/aromatic N) is 2. The SMILES string of the molecule is CCC(C(=O)NC1CCCC1)N(Cc1ccc(F)cc1)C(=O)CN(c1cc(Cl)ccc1C)S(=O)(=O)c1ccccc1. The molecule has 0 heterocycles. The molecule has 1 unspecified atom stereocenters. The van der Waals surface area contributed by atoms with Gasteiger partial charge in [0.1, 0.15) is 18.4 Å². The molecular formula is C31H35ClFN3O4S. The summed E-state index contributed by atoms with van der Waals surface area (Å²) in [6.45, 7) is 2.99. The summed E-state index contributed by atoms with van der Waals surface area (Å²) in [4.78, 5) is 29.0. The maximum absolute atomic E-state index is 14.1. The lowest BCUT2D eigenvalue weighted by molar-refractivity contribution is -0.140. The Morgan fingerprint density at radius 3 is 2.32 bits per heavy atom. The largest absolute Gasteiger partial charge is 0.352 e. The number of halogens is 2. The Labute approximate surface area is 246 Å². The fraction of sp³-hybridized carbons (Fsp3) is 0.355. The van der Waals surface area contributed by atoms with Gasteiger partial charge in [-0.15, -0.1) is 0 Å². The van der Waals surface area contributed by atoms with Gasteiger partial charge in [-0.25, -0.2) is 12.8 Å². The Morgan fingerprint density at radius 1 is 1.02 bits per heavy atom. The molecule has 0 bridgehead atoms. The Hall–Kier alpha value is -3.43. The van der Waals surface area contributed by atoms with Gasteiger partial charge in [-0.2, -0.15) is 0 Å². The first-order valence-electron chi connectivity index (χ1n) is 13.8. The van der Waals surface area contributed by atoms with Gasteiger partial charge >= 0.3 is 0 Å². The van der Waals surface area contributed by atoms with E-state index >= 15 is 0 Å². The van der Waals surface area contributed by atoms with Crippen LogP contribution in [0.25, 0.3) is 0 Å². The van der Waals surface area contributed by atoms with E-state index in [1.54, 1.807) is 49.4 Å². The monoisotopic (exact) mass is 599 g/mol. The molecule has 1 fully saturated rings. The highest BCUT2D eigenvalue weighted by molar-refractivity contribution is 7.92. The number of anilines is 1. The summed E-state index contributed by atoms with van der Waals surface area (Å²) < 4.78 is 42.6. The van der Waals surface area contributed by atoms with Crippen LogP contribution in [0.1, 0.15) is 50.2 Å². The van der Waals surface area contributed by atoms with Crippen LogP contribution in [0.4, 0.5) is 10.1 Å². The second kappa shape index (κ2) is 13.5. The molecule has 41 heavy (non-hydrogen) atoms. The van der Waals surface area contributed by atoms with Crippen LogP contribution in [0.15, 0.2) is 77.7 Å². The summed E-state index contributed by atoms with van der Waals surface area (Å²) in [5.74, 6) is -1.28. The minimum Gasteiger partial charge on any atom is -0.352 e. The normalized spacial score (nSPS) is 14.4. The number of carbonyl (C=O) groups is 2. The van der Waals surface area contributed by atoms with Crippen LogP contribution in [0.2, 0.25) is 5.02 Å². The smallest absolute Gasteiger partial charge is 0.264 e. The molecule has 0 radical (unpaired) electrons. The first-order chi connectivity index (χ1) is 19.6. The first-order valence-corrected chi connectivity index (χ1v) is 15.6. The van der Waals surface area contributed by atoms with Gasteiger partial charge in [0, 0.05) is 17.6 Å². The summed E-state index contributed by atoms with van der Waals surface area (Å²) >= 11 is 6.27. The zero-order valence-electron chi connectivity index (χ0n) is 23.2. The summed E-state index contributed by atoms with van der Waals surface area (Å²) in [5.41, 5.74) is 1.49. The third-order valence-electron chi connectivity index (χ3n) is 7.40. The Bertz CT molecular complexity index is 1460. The molecule has 2 amide bonds. The lowest BCUT2D eigenvalue weighted by atomic mass is 10.1. The van der Waals surface area contributed by atoms with Crippen molar-refractivity contribution in [1.82, 2.24) is 10.2 Å². The van der Waals surface area contributed by atoms with Crippen LogP contribution >= 0.6 is 11.6 Å². The number of hydrogen-bond acceptors (Lipinski definition) is 4. The summed E-state index contributed by atoms with van der Waals surface area (Å²) in [6.07, 6.45) is 4.14. The van der Waals surface area contributed by atoms with Gasteiger partial charge in [0.05, 0.1) is 10.6 Å². The highest BCUT2D eigenvalue weighted by atomic mass is 35.5. The predicted molar refractivity (Wildman–Crippen MR) is 159 cm³/mol. The van der Waals surface area contributed by atoms with Gasteiger partial charge in [0.25, 0.3) is 10.0 Å². The Kier molecular flexibility index (Phi) is 10.0. The Morgan fingerprint density at radius 2 is 1.68 bits per heavy atom. The predicted octanol–water partition coefficient (Wildman–Crippen LogP) is 5.85. The van der Waals surface area contributed by atoms with E-state index in [2.05, 4.69) is 5.32 Å². The fourth-order valence-electron chi connectivity index (χ4n) is 5.16. The van der Waals surface area contributed by atoms with Gasteiger partial charge in [-0.1, -0.05) is 67.8 Å². The van der Waals surface area contributed by atoms with Crippen LogP contribution < -0.4 is 9.62 Å². The molecule has 1 atom stereocenters. The molecule has 0 spiro atoms. The number of sulfonamides is 1. The van der Waals surface area contributed by atoms with E-state index in [1.165, 1.54) is 35.2 Å². The second-order valence-corrected chi connectivity index (χ2v) is 12.6. The molecule has 0 aromatic heterocycles. The van der Waals surface area contributed by atoms with E-state index in [9.17, 15) is 22.4 Å². The van der Waals surface area contributed by atoms with Crippen LogP contribution in [0, 0.1) is 12.7 Å². The summed E-state index contributed by atoms with van der Waals surface area (Å²) in [7, 11) is -4.19. The van der Waals surface area contributed by atoms with Crippen molar-refractivity contribution < 1.29 is 22.4 Å². The number of nitrogens with one attached hydrogen (secondary N) is 1. The zero-order chi connectivity index (χ0) is 29.6. The molecule has 0 saturated heterocycles. The van der Waals surface area contributed by atoms with Gasteiger partial charge in [-0.3, -0.25) is 13.9 Å². The van der Waals surface area contributed by atoms with Gasteiger partial charge in [0.15, 0.2) is 0 Å². The number of aryl methyl sites for hydroxylation is 1. The highest BCUT2D eigenvalue weighted by Crippen LogP contribution is 2.30. The quantitative estimate of drug-likeness (QED) is 0.300. The zero-order valence-corrected chi connectivity index (χ0v) is 24.8. The molecule has 1 aliphatic carbocycles. The molecule has 0 aliphatic heterocycles. The molecule has 1 saturated carbocycles. The average Bonchev–Trinajstić information content (AvgIpc) is 3.47. The van der Waals surface area contributed by atoms with E-state index in [-0.39, 0.29) is 29.1 Å².